The van der Waals surface area contributed by atoms with Crippen molar-refractivity contribution < 1.29 is 8.83 Å². The highest BCUT2D eigenvalue weighted by Gasteiger charge is 2.23. The van der Waals surface area contributed by atoms with Gasteiger partial charge >= 0.3 is 0 Å². The first-order valence-corrected chi connectivity index (χ1v) is 14.5. The summed E-state index contributed by atoms with van der Waals surface area (Å²) in [6.07, 6.45) is 0. The zero-order valence-electron chi connectivity index (χ0n) is 23.4. The van der Waals surface area contributed by atoms with Crippen LogP contribution in [0, 0.1) is 0 Å². The van der Waals surface area contributed by atoms with Crippen LogP contribution in [0.3, 0.4) is 0 Å². The average Bonchev–Trinajstić information content (AvgIpc) is 3.67. The smallest absolute Gasteiger partial charge is 0.165 e. The molecule has 206 valence electrons. The zero-order valence-corrected chi connectivity index (χ0v) is 23.4. The van der Waals surface area contributed by atoms with Gasteiger partial charge in [0.15, 0.2) is 17.5 Å². The lowest BCUT2D eigenvalue weighted by Gasteiger charge is -2.13. The van der Waals surface area contributed by atoms with Crippen molar-refractivity contribution in [2.45, 2.75) is 0 Å². The Balaban J connectivity index is 1.42. The summed E-state index contributed by atoms with van der Waals surface area (Å²) in [6, 6.07) is 46.8. The average molecular weight is 566 g/mol. The van der Waals surface area contributed by atoms with Gasteiger partial charge in [0.05, 0.1) is 0 Å². The number of furan rings is 2. The lowest BCUT2D eigenvalue weighted by molar-refractivity contribution is 0.668. The van der Waals surface area contributed by atoms with E-state index in [1.165, 1.54) is 0 Å². The largest absolute Gasteiger partial charge is 0.456 e. The Morgan fingerprint density at radius 3 is 1.61 bits per heavy atom. The Morgan fingerprint density at radius 2 is 0.886 bits per heavy atom. The topological polar surface area (TPSA) is 65.0 Å². The summed E-state index contributed by atoms with van der Waals surface area (Å²) < 4.78 is 12.6. The molecular weight excluding hydrogens is 542 g/mol. The molecule has 0 spiro atoms. The van der Waals surface area contributed by atoms with E-state index in [9.17, 15) is 0 Å². The highest BCUT2D eigenvalue weighted by atomic mass is 16.3. The molecule has 0 aliphatic rings. The van der Waals surface area contributed by atoms with Crippen LogP contribution in [0.1, 0.15) is 0 Å². The first-order chi connectivity index (χ1) is 21.8. The predicted molar refractivity (Wildman–Crippen MR) is 176 cm³/mol. The molecule has 0 saturated heterocycles. The van der Waals surface area contributed by atoms with Gasteiger partial charge in [0.2, 0.25) is 0 Å². The fraction of sp³-hybridized carbons (Fsp3) is 0. The van der Waals surface area contributed by atoms with Crippen molar-refractivity contribution >= 4 is 43.9 Å². The van der Waals surface area contributed by atoms with E-state index in [0.717, 1.165) is 71.7 Å². The van der Waals surface area contributed by atoms with Crippen LogP contribution < -0.4 is 0 Å². The number of fused-ring (bicyclic) bond motifs is 6. The molecule has 0 N–H and O–H groups in total. The van der Waals surface area contributed by atoms with E-state index >= 15 is 0 Å². The molecule has 0 amide bonds. The van der Waals surface area contributed by atoms with E-state index in [1.54, 1.807) is 0 Å². The Morgan fingerprint density at radius 1 is 0.341 bits per heavy atom. The van der Waals surface area contributed by atoms with E-state index in [0.29, 0.717) is 17.5 Å². The van der Waals surface area contributed by atoms with Crippen LogP contribution >= 0.6 is 0 Å². The minimum Gasteiger partial charge on any atom is -0.456 e. The third kappa shape index (κ3) is 3.83. The van der Waals surface area contributed by atoms with E-state index in [2.05, 4.69) is 48.5 Å². The van der Waals surface area contributed by atoms with Gasteiger partial charge in [-0.1, -0.05) is 109 Å². The minimum absolute atomic E-state index is 0.578. The van der Waals surface area contributed by atoms with Crippen LogP contribution in [0.5, 0.6) is 0 Å². The quantitative estimate of drug-likeness (QED) is 0.212. The second-order valence-corrected chi connectivity index (χ2v) is 10.8. The molecule has 44 heavy (non-hydrogen) atoms. The summed E-state index contributed by atoms with van der Waals surface area (Å²) in [7, 11) is 0. The number of hydrogen-bond acceptors (Lipinski definition) is 5. The molecular formula is C39H23N3O2. The molecule has 0 aliphatic heterocycles. The molecule has 0 unspecified atom stereocenters. The Bertz CT molecular complexity index is 2500. The van der Waals surface area contributed by atoms with Crippen molar-refractivity contribution in [2.75, 3.05) is 0 Å². The summed E-state index contributed by atoms with van der Waals surface area (Å²) >= 11 is 0. The number of benzene rings is 6. The van der Waals surface area contributed by atoms with Crippen LogP contribution in [0.2, 0.25) is 0 Å². The lowest BCUT2D eigenvalue weighted by atomic mass is 9.94. The number of hydrogen-bond donors (Lipinski definition) is 0. The molecule has 3 aromatic heterocycles. The number of nitrogens with zero attached hydrogens (tertiary/aromatic N) is 3. The molecule has 9 aromatic rings. The van der Waals surface area contributed by atoms with Gasteiger partial charge in [-0.2, -0.15) is 0 Å². The first kappa shape index (κ1) is 24.5. The third-order valence-corrected chi connectivity index (χ3v) is 8.16. The predicted octanol–water partition coefficient (Wildman–Crippen LogP) is 10.3. The standard InChI is InChI=1S/C39H23N3O2/c1-3-12-24(13-4-1)26-22-23-33-35(28-17-8-10-20-31(28)44-33)36(26)39-41-37(25-14-5-2-6-15-25)40-38(42-39)29-18-11-21-32-34(29)27-16-7-9-19-30(27)43-32/h1-23H. The van der Waals surface area contributed by atoms with Crippen molar-refractivity contribution in [3.05, 3.63) is 140 Å². The number of rotatable bonds is 4. The number of para-hydroxylation sites is 2. The van der Waals surface area contributed by atoms with E-state index < -0.39 is 0 Å². The minimum atomic E-state index is 0.578. The van der Waals surface area contributed by atoms with Crippen LogP contribution in [-0.2, 0) is 0 Å². The van der Waals surface area contributed by atoms with Crippen LogP contribution in [0.25, 0.3) is 89.2 Å². The maximum absolute atomic E-state index is 6.35. The molecule has 0 radical (unpaired) electrons. The normalized spacial score (nSPS) is 11.6. The summed E-state index contributed by atoms with van der Waals surface area (Å²) in [6.45, 7) is 0. The molecule has 0 atom stereocenters. The van der Waals surface area contributed by atoms with Crippen molar-refractivity contribution in [3.63, 3.8) is 0 Å². The van der Waals surface area contributed by atoms with Crippen LogP contribution in [0.4, 0.5) is 0 Å². The van der Waals surface area contributed by atoms with Gasteiger partial charge in [0, 0.05) is 38.2 Å². The molecule has 5 heteroatoms. The molecule has 0 saturated carbocycles. The molecule has 0 aliphatic carbocycles. The van der Waals surface area contributed by atoms with Crippen molar-refractivity contribution in [1.29, 1.82) is 0 Å². The van der Waals surface area contributed by atoms with Crippen LogP contribution in [0.15, 0.2) is 148 Å². The van der Waals surface area contributed by atoms with Gasteiger partial charge in [0.25, 0.3) is 0 Å². The Kier molecular flexibility index (Phi) is 5.43. The molecule has 9 rings (SSSR count). The second kappa shape index (κ2) is 9.75. The lowest BCUT2D eigenvalue weighted by Crippen LogP contribution is -2.01. The molecule has 0 bridgehead atoms. The number of aromatic nitrogens is 3. The maximum Gasteiger partial charge on any atom is 0.165 e. The summed E-state index contributed by atoms with van der Waals surface area (Å²) in [5.41, 5.74) is 8.02. The molecule has 5 nitrogen and oxygen atoms in total. The highest BCUT2D eigenvalue weighted by molar-refractivity contribution is 6.15. The Hall–Kier alpha value is -6.07. The first-order valence-electron chi connectivity index (χ1n) is 14.5. The third-order valence-electron chi connectivity index (χ3n) is 8.16. The van der Waals surface area contributed by atoms with Crippen molar-refractivity contribution in [2.24, 2.45) is 0 Å². The van der Waals surface area contributed by atoms with Gasteiger partial charge in [0.1, 0.15) is 22.3 Å². The summed E-state index contributed by atoms with van der Waals surface area (Å²) in [4.78, 5) is 15.5. The molecule has 6 aromatic carbocycles. The summed E-state index contributed by atoms with van der Waals surface area (Å²) in [5, 5.41) is 4.00. The van der Waals surface area contributed by atoms with Crippen LogP contribution in [-0.4, -0.2) is 15.0 Å². The van der Waals surface area contributed by atoms with Gasteiger partial charge in [-0.25, -0.2) is 15.0 Å². The van der Waals surface area contributed by atoms with Crippen molar-refractivity contribution in [1.82, 2.24) is 15.0 Å². The van der Waals surface area contributed by atoms with E-state index in [1.807, 2.05) is 91.0 Å². The Labute approximate surface area is 252 Å². The fourth-order valence-corrected chi connectivity index (χ4v) is 6.19. The van der Waals surface area contributed by atoms with Gasteiger partial charge < -0.3 is 8.83 Å². The second-order valence-electron chi connectivity index (χ2n) is 10.8. The highest BCUT2D eigenvalue weighted by Crippen LogP contribution is 2.43. The van der Waals surface area contributed by atoms with Crippen molar-refractivity contribution in [3.8, 4) is 45.3 Å². The SMILES string of the molecule is c1ccc(-c2nc(-c3cccc4oc5ccccc5c34)nc(-c3c(-c4ccccc4)ccc4oc5ccccc5c34)n2)cc1. The van der Waals surface area contributed by atoms with E-state index in [4.69, 9.17) is 23.8 Å². The molecule has 0 fully saturated rings. The fourth-order valence-electron chi connectivity index (χ4n) is 6.19. The van der Waals surface area contributed by atoms with Gasteiger partial charge in [-0.3, -0.25) is 0 Å². The molecule has 3 heterocycles. The maximum atomic E-state index is 6.35. The van der Waals surface area contributed by atoms with Gasteiger partial charge in [-0.15, -0.1) is 0 Å². The van der Waals surface area contributed by atoms with Gasteiger partial charge in [-0.05, 0) is 41.5 Å². The zero-order chi connectivity index (χ0) is 29.0. The monoisotopic (exact) mass is 565 g/mol. The van der Waals surface area contributed by atoms with E-state index in [-0.39, 0.29) is 0 Å². The summed E-state index contributed by atoms with van der Waals surface area (Å²) in [5.74, 6) is 1.75.